The van der Waals surface area contributed by atoms with Gasteiger partial charge in [0.25, 0.3) is 0 Å². The highest BCUT2D eigenvalue weighted by atomic mass is 35.5. The van der Waals surface area contributed by atoms with Gasteiger partial charge in [-0.05, 0) is 12.1 Å². The predicted molar refractivity (Wildman–Crippen MR) is 57.9 cm³/mol. The number of hydrogen-bond acceptors (Lipinski definition) is 3. The average molecular weight is 214 g/mol. The number of para-hydroxylation sites is 1. The minimum Gasteiger partial charge on any atom is -0.493 e. The summed E-state index contributed by atoms with van der Waals surface area (Å²) in [6.07, 6.45) is 0. The van der Waals surface area contributed by atoms with Gasteiger partial charge in [-0.1, -0.05) is 12.1 Å². The largest absolute Gasteiger partial charge is 0.493 e. The lowest BCUT2D eigenvalue weighted by Gasteiger charge is -1.98. The first-order chi connectivity index (χ1) is 6.35. The van der Waals surface area contributed by atoms with Crippen molar-refractivity contribution in [1.29, 1.82) is 0 Å². The number of fused-ring (bicyclic) bond motifs is 1. The Labute approximate surface area is 88.2 Å². The van der Waals surface area contributed by atoms with E-state index in [1.54, 1.807) is 7.11 Å². The summed E-state index contributed by atoms with van der Waals surface area (Å²) in [5.74, 6) is 1.52. The Morgan fingerprint density at radius 3 is 2.86 bits per heavy atom. The molecule has 0 aliphatic heterocycles. The van der Waals surface area contributed by atoms with E-state index in [4.69, 9.17) is 14.9 Å². The third-order valence-electron chi connectivity index (χ3n) is 1.98. The Morgan fingerprint density at radius 1 is 1.43 bits per heavy atom. The van der Waals surface area contributed by atoms with Crippen molar-refractivity contribution in [3.8, 4) is 5.75 Å². The summed E-state index contributed by atoms with van der Waals surface area (Å²) in [6, 6.07) is 7.70. The van der Waals surface area contributed by atoms with E-state index in [0.717, 1.165) is 22.5 Å². The van der Waals surface area contributed by atoms with Crippen molar-refractivity contribution in [2.75, 3.05) is 7.11 Å². The number of benzene rings is 1. The molecule has 2 aromatic rings. The van der Waals surface area contributed by atoms with Crippen LogP contribution < -0.4 is 10.5 Å². The molecule has 0 bridgehead atoms. The lowest BCUT2D eigenvalue weighted by atomic mass is 10.2. The van der Waals surface area contributed by atoms with Crippen LogP contribution in [0.3, 0.4) is 0 Å². The average Bonchev–Trinajstić information content (AvgIpc) is 2.59. The molecule has 0 amide bonds. The first-order valence-corrected chi connectivity index (χ1v) is 4.10. The minimum absolute atomic E-state index is 0. The summed E-state index contributed by atoms with van der Waals surface area (Å²) >= 11 is 0. The van der Waals surface area contributed by atoms with Crippen molar-refractivity contribution in [2.45, 2.75) is 6.54 Å². The molecule has 2 N–H and O–H groups in total. The summed E-state index contributed by atoms with van der Waals surface area (Å²) in [4.78, 5) is 0. The maximum Gasteiger partial charge on any atom is 0.176 e. The van der Waals surface area contributed by atoms with Gasteiger partial charge >= 0.3 is 0 Å². The Morgan fingerprint density at radius 2 is 2.21 bits per heavy atom. The monoisotopic (exact) mass is 213 g/mol. The van der Waals surface area contributed by atoms with Crippen molar-refractivity contribution in [2.24, 2.45) is 5.73 Å². The van der Waals surface area contributed by atoms with Gasteiger partial charge in [-0.25, -0.2) is 0 Å². The summed E-state index contributed by atoms with van der Waals surface area (Å²) in [5, 5.41) is 1.03. The number of hydrogen-bond donors (Lipinski definition) is 1. The molecule has 76 valence electrons. The molecule has 2 rings (SSSR count). The smallest absolute Gasteiger partial charge is 0.176 e. The Kier molecular flexibility index (Phi) is 3.38. The molecule has 0 saturated carbocycles. The van der Waals surface area contributed by atoms with Crippen LogP contribution in [-0.4, -0.2) is 7.11 Å². The zero-order chi connectivity index (χ0) is 9.26. The van der Waals surface area contributed by atoms with E-state index in [2.05, 4.69) is 0 Å². The SMILES string of the molecule is COc1cccc2cc(CN)oc12.Cl. The van der Waals surface area contributed by atoms with Gasteiger partial charge in [0.15, 0.2) is 11.3 Å². The molecule has 1 aromatic heterocycles. The molecule has 0 atom stereocenters. The van der Waals surface area contributed by atoms with Crippen LogP contribution in [-0.2, 0) is 6.54 Å². The molecule has 0 aliphatic carbocycles. The van der Waals surface area contributed by atoms with Crippen LogP contribution in [0.15, 0.2) is 28.7 Å². The fourth-order valence-corrected chi connectivity index (χ4v) is 1.35. The molecule has 14 heavy (non-hydrogen) atoms. The van der Waals surface area contributed by atoms with Crippen LogP contribution in [0.1, 0.15) is 5.76 Å². The number of nitrogens with two attached hydrogens (primary N) is 1. The van der Waals surface area contributed by atoms with Crippen LogP contribution in [0.5, 0.6) is 5.75 Å². The molecule has 0 spiro atoms. The van der Waals surface area contributed by atoms with Crippen LogP contribution >= 0.6 is 12.4 Å². The van der Waals surface area contributed by atoms with Crippen LogP contribution in [0.2, 0.25) is 0 Å². The summed E-state index contributed by atoms with van der Waals surface area (Å²) in [5.41, 5.74) is 6.24. The molecule has 0 saturated heterocycles. The van der Waals surface area contributed by atoms with E-state index in [9.17, 15) is 0 Å². The first-order valence-electron chi connectivity index (χ1n) is 4.10. The third kappa shape index (κ3) is 1.69. The van der Waals surface area contributed by atoms with Gasteiger partial charge in [-0.3, -0.25) is 0 Å². The zero-order valence-electron chi connectivity index (χ0n) is 7.82. The van der Waals surface area contributed by atoms with Crippen molar-refractivity contribution >= 4 is 23.4 Å². The highest BCUT2D eigenvalue weighted by Crippen LogP contribution is 2.27. The summed E-state index contributed by atoms with van der Waals surface area (Å²) in [6.45, 7) is 0.415. The van der Waals surface area contributed by atoms with Crippen molar-refractivity contribution in [1.82, 2.24) is 0 Å². The number of furan rings is 1. The zero-order valence-corrected chi connectivity index (χ0v) is 8.64. The Hall–Kier alpha value is -1.19. The van der Waals surface area contributed by atoms with Crippen LogP contribution in [0, 0.1) is 0 Å². The Balaban J connectivity index is 0.000000980. The third-order valence-corrected chi connectivity index (χ3v) is 1.98. The summed E-state index contributed by atoms with van der Waals surface area (Å²) < 4.78 is 10.6. The van der Waals surface area contributed by atoms with Crippen molar-refractivity contribution in [3.63, 3.8) is 0 Å². The second-order valence-electron chi connectivity index (χ2n) is 2.80. The molecule has 3 nitrogen and oxygen atoms in total. The van der Waals surface area contributed by atoms with Gasteiger partial charge in [0.1, 0.15) is 5.76 Å². The normalized spacial score (nSPS) is 9.86. The molecule has 1 aromatic carbocycles. The maximum atomic E-state index is 5.49. The molecule has 0 aliphatic rings. The number of halogens is 1. The van der Waals surface area contributed by atoms with Crippen LogP contribution in [0.25, 0.3) is 11.0 Å². The molecule has 0 unspecified atom stereocenters. The molecule has 1 heterocycles. The number of ether oxygens (including phenoxy) is 1. The van der Waals surface area contributed by atoms with E-state index in [1.165, 1.54) is 0 Å². The fourth-order valence-electron chi connectivity index (χ4n) is 1.35. The highest BCUT2D eigenvalue weighted by molar-refractivity contribution is 5.85. The second kappa shape index (κ2) is 4.35. The van der Waals surface area contributed by atoms with E-state index < -0.39 is 0 Å². The van der Waals surface area contributed by atoms with E-state index in [1.807, 2.05) is 24.3 Å². The Bertz CT molecular complexity index is 425. The number of methoxy groups -OCH3 is 1. The minimum atomic E-state index is 0. The topological polar surface area (TPSA) is 48.4 Å². The lowest BCUT2D eigenvalue weighted by Crippen LogP contribution is -1.92. The van der Waals surface area contributed by atoms with Gasteiger partial charge in [-0.2, -0.15) is 0 Å². The van der Waals surface area contributed by atoms with Crippen LogP contribution in [0.4, 0.5) is 0 Å². The van der Waals surface area contributed by atoms with Gasteiger partial charge in [0.05, 0.1) is 13.7 Å². The van der Waals surface area contributed by atoms with E-state index >= 15 is 0 Å². The second-order valence-corrected chi connectivity index (χ2v) is 2.80. The maximum absolute atomic E-state index is 5.49. The van der Waals surface area contributed by atoms with Gasteiger partial charge in [0, 0.05) is 5.39 Å². The molecule has 0 radical (unpaired) electrons. The van der Waals surface area contributed by atoms with Gasteiger partial charge in [0.2, 0.25) is 0 Å². The van der Waals surface area contributed by atoms with Gasteiger partial charge in [-0.15, -0.1) is 12.4 Å². The summed E-state index contributed by atoms with van der Waals surface area (Å²) in [7, 11) is 1.62. The quantitative estimate of drug-likeness (QED) is 0.833. The van der Waals surface area contributed by atoms with Crippen molar-refractivity contribution in [3.05, 3.63) is 30.0 Å². The number of rotatable bonds is 2. The molecular formula is C10H12ClNO2. The standard InChI is InChI=1S/C10H11NO2.ClH/c1-12-9-4-2-3-7-5-8(6-11)13-10(7)9;/h2-5H,6,11H2,1H3;1H. The molecule has 4 heteroatoms. The first kappa shape index (κ1) is 10.9. The van der Waals surface area contributed by atoms with E-state index in [0.29, 0.717) is 6.54 Å². The predicted octanol–water partition coefficient (Wildman–Crippen LogP) is 2.32. The lowest BCUT2D eigenvalue weighted by molar-refractivity contribution is 0.407. The van der Waals surface area contributed by atoms with E-state index in [-0.39, 0.29) is 12.4 Å². The molecule has 0 fully saturated rings. The van der Waals surface area contributed by atoms with Crippen molar-refractivity contribution < 1.29 is 9.15 Å². The fraction of sp³-hybridized carbons (Fsp3) is 0.200. The molecular weight excluding hydrogens is 202 g/mol. The highest BCUT2D eigenvalue weighted by Gasteiger charge is 2.06. The van der Waals surface area contributed by atoms with Gasteiger partial charge < -0.3 is 14.9 Å².